The molecule has 108 valence electrons. The Labute approximate surface area is 133 Å². The number of aromatic nitrogens is 2. The molecule has 0 aliphatic rings. The molecule has 21 heavy (non-hydrogen) atoms. The molecule has 3 nitrogen and oxygen atoms in total. The van der Waals surface area contributed by atoms with Crippen molar-refractivity contribution in [2.45, 2.75) is 12.8 Å². The number of fused-ring (bicyclic) bond motifs is 1. The minimum absolute atomic E-state index is 0.307. The minimum Gasteiger partial charge on any atom is -0.497 e. The highest BCUT2D eigenvalue weighted by molar-refractivity contribution is 6.32. The third-order valence-corrected chi connectivity index (χ3v) is 4.03. The zero-order chi connectivity index (χ0) is 15.0. The van der Waals surface area contributed by atoms with Gasteiger partial charge in [0, 0.05) is 6.07 Å². The van der Waals surface area contributed by atoms with Crippen LogP contribution in [0, 0.1) is 6.92 Å². The van der Waals surface area contributed by atoms with E-state index in [2.05, 4.69) is 4.98 Å². The summed E-state index contributed by atoms with van der Waals surface area (Å²) < 4.78 is 7.28. The summed E-state index contributed by atoms with van der Waals surface area (Å²) in [5.41, 5.74) is 3.85. The normalized spacial score (nSPS) is 11.0. The first kappa shape index (κ1) is 14.2. The molecule has 0 bridgehead atoms. The lowest BCUT2D eigenvalue weighted by Gasteiger charge is -2.11. The highest BCUT2D eigenvalue weighted by Gasteiger charge is 2.15. The van der Waals surface area contributed by atoms with Gasteiger partial charge < -0.3 is 4.74 Å². The van der Waals surface area contributed by atoms with Gasteiger partial charge in [-0.15, -0.1) is 11.6 Å². The Kier molecular flexibility index (Phi) is 3.79. The quantitative estimate of drug-likeness (QED) is 0.652. The standard InChI is InChI=1S/C16H14Cl2N2O/c1-10-4-3-5-13-16(10)19-15(9-17)20(13)14-8-11(21-2)6-7-12(14)18/h3-8H,9H2,1-2H3. The predicted molar refractivity (Wildman–Crippen MR) is 86.9 cm³/mol. The second-order valence-electron chi connectivity index (χ2n) is 4.76. The van der Waals surface area contributed by atoms with Gasteiger partial charge in [0.25, 0.3) is 0 Å². The second kappa shape index (κ2) is 5.58. The molecule has 3 aromatic rings. The van der Waals surface area contributed by atoms with Gasteiger partial charge in [-0.05, 0) is 30.7 Å². The van der Waals surface area contributed by atoms with Crippen LogP contribution >= 0.6 is 23.2 Å². The van der Waals surface area contributed by atoms with E-state index in [1.807, 2.05) is 47.9 Å². The number of aryl methyl sites for hydroxylation is 1. The average molecular weight is 321 g/mol. The number of para-hydroxylation sites is 1. The number of methoxy groups -OCH3 is 1. The Hall–Kier alpha value is -1.71. The molecule has 0 unspecified atom stereocenters. The van der Waals surface area contributed by atoms with Crippen LogP contribution in [0.5, 0.6) is 5.75 Å². The van der Waals surface area contributed by atoms with E-state index in [0.717, 1.165) is 33.9 Å². The van der Waals surface area contributed by atoms with E-state index in [9.17, 15) is 0 Å². The number of hydrogen-bond donors (Lipinski definition) is 0. The fraction of sp³-hybridized carbons (Fsp3) is 0.188. The van der Waals surface area contributed by atoms with Crippen LogP contribution in [0.1, 0.15) is 11.4 Å². The molecule has 0 spiro atoms. The Balaban J connectivity index is 2.36. The largest absolute Gasteiger partial charge is 0.497 e. The molecular formula is C16H14Cl2N2O. The van der Waals surface area contributed by atoms with E-state index in [1.54, 1.807) is 7.11 Å². The Morgan fingerprint density at radius 1 is 1.24 bits per heavy atom. The molecule has 0 saturated heterocycles. The smallest absolute Gasteiger partial charge is 0.129 e. The molecule has 0 aliphatic carbocycles. The summed E-state index contributed by atoms with van der Waals surface area (Å²) in [6.45, 7) is 2.03. The summed E-state index contributed by atoms with van der Waals surface area (Å²) >= 11 is 12.4. The van der Waals surface area contributed by atoms with Crippen LogP contribution in [0.15, 0.2) is 36.4 Å². The third kappa shape index (κ3) is 2.37. The van der Waals surface area contributed by atoms with Crippen molar-refractivity contribution < 1.29 is 4.74 Å². The Bertz CT molecular complexity index is 811. The maximum absolute atomic E-state index is 6.37. The fourth-order valence-corrected chi connectivity index (χ4v) is 2.82. The third-order valence-electron chi connectivity index (χ3n) is 3.47. The van der Waals surface area contributed by atoms with Crippen molar-refractivity contribution >= 4 is 34.2 Å². The molecule has 1 heterocycles. The zero-order valence-corrected chi connectivity index (χ0v) is 13.2. The summed E-state index contributed by atoms with van der Waals surface area (Å²) in [6, 6.07) is 11.6. The maximum atomic E-state index is 6.37. The van der Waals surface area contributed by atoms with Gasteiger partial charge in [0.2, 0.25) is 0 Å². The predicted octanol–water partition coefficient (Wildman–Crippen LogP) is 4.73. The number of rotatable bonds is 3. The molecule has 3 rings (SSSR count). The van der Waals surface area contributed by atoms with Crippen LogP contribution in [-0.4, -0.2) is 16.7 Å². The van der Waals surface area contributed by atoms with E-state index in [0.29, 0.717) is 10.9 Å². The summed E-state index contributed by atoms with van der Waals surface area (Å²) in [5, 5.41) is 0.628. The first-order valence-corrected chi connectivity index (χ1v) is 7.43. The number of benzene rings is 2. The van der Waals surface area contributed by atoms with E-state index in [4.69, 9.17) is 27.9 Å². The molecule has 2 aromatic carbocycles. The highest BCUT2D eigenvalue weighted by atomic mass is 35.5. The maximum Gasteiger partial charge on any atom is 0.129 e. The molecule has 0 fully saturated rings. The van der Waals surface area contributed by atoms with E-state index < -0.39 is 0 Å². The number of nitrogens with zero attached hydrogens (tertiary/aromatic N) is 2. The number of alkyl halides is 1. The van der Waals surface area contributed by atoms with Crippen molar-refractivity contribution in [2.24, 2.45) is 0 Å². The van der Waals surface area contributed by atoms with Crippen molar-refractivity contribution in [3.05, 3.63) is 52.8 Å². The molecule has 1 aromatic heterocycles. The monoisotopic (exact) mass is 320 g/mol. The van der Waals surface area contributed by atoms with Crippen molar-refractivity contribution in [3.63, 3.8) is 0 Å². The molecule has 0 aliphatic heterocycles. The van der Waals surface area contributed by atoms with Crippen LogP contribution in [0.25, 0.3) is 16.7 Å². The van der Waals surface area contributed by atoms with Gasteiger partial charge in [-0.3, -0.25) is 4.57 Å². The Morgan fingerprint density at radius 3 is 2.76 bits per heavy atom. The summed E-state index contributed by atoms with van der Waals surface area (Å²) in [4.78, 5) is 4.64. The van der Waals surface area contributed by atoms with Gasteiger partial charge in [0.05, 0.1) is 34.7 Å². The summed E-state index contributed by atoms with van der Waals surface area (Å²) in [6.07, 6.45) is 0. The van der Waals surface area contributed by atoms with Crippen LogP contribution in [0.4, 0.5) is 0 Å². The number of imidazole rings is 1. The van der Waals surface area contributed by atoms with E-state index in [-0.39, 0.29) is 0 Å². The molecule has 0 saturated carbocycles. The molecule has 0 N–H and O–H groups in total. The van der Waals surface area contributed by atoms with Crippen LogP contribution in [-0.2, 0) is 5.88 Å². The fourth-order valence-electron chi connectivity index (χ4n) is 2.44. The van der Waals surface area contributed by atoms with Crippen molar-refractivity contribution in [2.75, 3.05) is 7.11 Å². The zero-order valence-electron chi connectivity index (χ0n) is 11.7. The van der Waals surface area contributed by atoms with Gasteiger partial charge in [-0.2, -0.15) is 0 Å². The average Bonchev–Trinajstić information content (AvgIpc) is 2.88. The first-order valence-electron chi connectivity index (χ1n) is 6.52. The summed E-state index contributed by atoms with van der Waals surface area (Å²) in [5.74, 6) is 1.81. The van der Waals surface area contributed by atoms with Gasteiger partial charge in [-0.25, -0.2) is 4.98 Å². The van der Waals surface area contributed by atoms with Crippen molar-refractivity contribution in [1.29, 1.82) is 0 Å². The lowest BCUT2D eigenvalue weighted by Crippen LogP contribution is -2.00. The van der Waals surface area contributed by atoms with Gasteiger partial charge in [-0.1, -0.05) is 23.7 Å². The van der Waals surface area contributed by atoms with Crippen molar-refractivity contribution in [1.82, 2.24) is 9.55 Å². The molecule has 0 radical (unpaired) electrons. The highest BCUT2D eigenvalue weighted by Crippen LogP contribution is 2.31. The number of ether oxygens (including phenoxy) is 1. The minimum atomic E-state index is 0.307. The lowest BCUT2D eigenvalue weighted by molar-refractivity contribution is 0.414. The molecule has 5 heteroatoms. The topological polar surface area (TPSA) is 27.1 Å². The number of halogens is 2. The lowest BCUT2D eigenvalue weighted by atomic mass is 10.2. The van der Waals surface area contributed by atoms with Crippen molar-refractivity contribution in [3.8, 4) is 11.4 Å². The SMILES string of the molecule is COc1ccc(Cl)c(-n2c(CCl)nc3c(C)cccc32)c1. The molecular weight excluding hydrogens is 307 g/mol. The molecule has 0 atom stereocenters. The molecule has 0 amide bonds. The van der Waals surface area contributed by atoms with Gasteiger partial charge in [0.15, 0.2) is 0 Å². The second-order valence-corrected chi connectivity index (χ2v) is 5.43. The van der Waals surface area contributed by atoms with Crippen LogP contribution < -0.4 is 4.74 Å². The van der Waals surface area contributed by atoms with Crippen LogP contribution in [0.3, 0.4) is 0 Å². The number of hydrogen-bond acceptors (Lipinski definition) is 2. The summed E-state index contributed by atoms with van der Waals surface area (Å²) in [7, 11) is 1.63. The first-order chi connectivity index (χ1) is 10.2. The van der Waals surface area contributed by atoms with Gasteiger partial charge >= 0.3 is 0 Å². The van der Waals surface area contributed by atoms with E-state index >= 15 is 0 Å². The van der Waals surface area contributed by atoms with Gasteiger partial charge in [0.1, 0.15) is 11.6 Å². The van der Waals surface area contributed by atoms with E-state index in [1.165, 1.54) is 0 Å². The van der Waals surface area contributed by atoms with Crippen LogP contribution in [0.2, 0.25) is 5.02 Å². The Morgan fingerprint density at radius 2 is 2.05 bits per heavy atom.